The summed E-state index contributed by atoms with van der Waals surface area (Å²) in [6, 6.07) is 12.0. The quantitative estimate of drug-likeness (QED) is 0.455. The highest BCUT2D eigenvalue weighted by molar-refractivity contribution is 6.02. The number of carbonyl (C=O) groups excluding carboxylic acids is 2. The number of amides is 2. The maximum atomic E-state index is 13.5. The van der Waals surface area contributed by atoms with Gasteiger partial charge in [0, 0.05) is 32.0 Å². The summed E-state index contributed by atoms with van der Waals surface area (Å²) < 4.78 is 11.2. The average molecular weight is 492 g/mol. The Bertz CT molecular complexity index is 1140. The van der Waals surface area contributed by atoms with Crippen LogP contribution in [0.2, 0.25) is 0 Å². The number of carbonyl (C=O) groups is 2. The number of fused-ring (bicyclic) bond motifs is 1. The number of allylic oxidation sites excluding steroid dienone is 1. The highest BCUT2D eigenvalue weighted by atomic mass is 16.6. The summed E-state index contributed by atoms with van der Waals surface area (Å²) in [5, 5.41) is 0. The molecule has 1 aliphatic carbocycles. The molecular formula is C29H37N3O4. The number of aryl methyl sites for hydroxylation is 1. The molecule has 2 amide bonds. The lowest BCUT2D eigenvalue weighted by atomic mass is 9.93. The minimum Gasteiger partial charge on any atom is -0.493 e. The maximum absolute atomic E-state index is 13.5. The molecule has 1 unspecified atom stereocenters. The fraction of sp³-hybridized carbons (Fsp3) is 0.448. The van der Waals surface area contributed by atoms with Gasteiger partial charge in [0.25, 0.3) is 0 Å². The number of hydrogen-bond donors (Lipinski definition) is 0. The molecule has 7 heteroatoms. The molecule has 1 heterocycles. The highest BCUT2D eigenvalue weighted by Gasteiger charge is 2.36. The Balaban J connectivity index is 1.70. The maximum Gasteiger partial charge on any atom is 0.420 e. The number of nitrogens with zero attached hydrogens (tertiary/aromatic N) is 3. The van der Waals surface area contributed by atoms with Gasteiger partial charge in [-0.2, -0.15) is 0 Å². The van der Waals surface area contributed by atoms with Crippen LogP contribution in [0.15, 0.2) is 49.1 Å². The van der Waals surface area contributed by atoms with Gasteiger partial charge < -0.3 is 19.3 Å². The van der Waals surface area contributed by atoms with E-state index in [-0.39, 0.29) is 17.9 Å². The van der Waals surface area contributed by atoms with Crippen molar-refractivity contribution in [2.24, 2.45) is 0 Å². The van der Waals surface area contributed by atoms with Gasteiger partial charge >= 0.3 is 6.09 Å². The molecule has 2 aromatic carbocycles. The van der Waals surface area contributed by atoms with E-state index in [1.54, 1.807) is 36.0 Å². The fourth-order valence-electron chi connectivity index (χ4n) is 5.09. The zero-order valence-corrected chi connectivity index (χ0v) is 22.0. The summed E-state index contributed by atoms with van der Waals surface area (Å²) in [5.74, 6) is 1.05. The average Bonchev–Trinajstić information content (AvgIpc) is 3.68. The molecule has 0 radical (unpaired) electrons. The van der Waals surface area contributed by atoms with Gasteiger partial charge in [-0.15, -0.1) is 6.58 Å². The van der Waals surface area contributed by atoms with Crippen LogP contribution in [0.1, 0.15) is 50.2 Å². The molecule has 0 N–H and O–H groups in total. The lowest BCUT2D eigenvalue weighted by molar-refractivity contribution is -0.117. The molecule has 0 aromatic heterocycles. The van der Waals surface area contributed by atoms with E-state index in [0.29, 0.717) is 35.5 Å². The van der Waals surface area contributed by atoms with Gasteiger partial charge in [-0.25, -0.2) is 4.79 Å². The largest absolute Gasteiger partial charge is 0.493 e. The molecule has 192 valence electrons. The van der Waals surface area contributed by atoms with Gasteiger partial charge in [-0.1, -0.05) is 18.2 Å². The van der Waals surface area contributed by atoms with Crippen LogP contribution >= 0.6 is 0 Å². The second-order valence-corrected chi connectivity index (χ2v) is 10.0. The molecule has 2 atom stereocenters. The predicted molar refractivity (Wildman–Crippen MR) is 143 cm³/mol. The van der Waals surface area contributed by atoms with Crippen molar-refractivity contribution >= 4 is 23.4 Å². The number of likely N-dealkylation sites (N-methyl/N-ethyl adjacent to an activating group) is 1. The van der Waals surface area contributed by atoms with Crippen molar-refractivity contribution < 1.29 is 19.1 Å². The number of anilines is 2. The van der Waals surface area contributed by atoms with Crippen LogP contribution in [0.4, 0.5) is 16.2 Å². The van der Waals surface area contributed by atoms with E-state index < -0.39 is 6.09 Å². The molecule has 0 saturated heterocycles. The van der Waals surface area contributed by atoms with Gasteiger partial charge in [0.2, 0.25) is 5.91 Å². The Kier molecular flexibility index (Phi) is 7.69. The number of methoxy groups -OCH3 is 1. The predicted octanol–water partition coefficient (Wildman–Crippen LogP) is 5.52. The van der Waals surface area contributed by atoms with Crippen molar-refractivity contribution in [3.63, 3.8) is 0 Å². The number of rotatable bonds is 8. The number of benzene rings is 2. The molecule has 2 aliphatic rings. The topological polar surface area (TPSA) is 62.3 Å². The number of ether oxygens (including phenoxy) is 2. The fourth-order valence-corrected chi connectivity index (χ4v) is 5.09. The smallest absolute Gasteiger partial charge is 0.420 e. The van der Waals surface area contributed by atoms with Gasteiger partial charge in [0.15, 0.2) is 11.5 Å². The third kappa shape index (κ3) is 5.41. The van der Waals surface area contributed by atoms with E-state index >= 15 is 0 Å². The van der Waals surface area contributed by atoms with Gasteiger partial charge in [-0.05, 0) is 75.5 Å². The summed E-state index contributed by atoms with van der Waals surface area (Å²) in [4.78, 5) is 31.9. The van der Waals surface area contributed by atoms with Crippen molar-refractivity contribution in [3.8, 4) is 11.5 Å². The molecule has 7 nitrogen and oxygen atoms in total. The van der Waals surface area contributed by atoms with Crippen LogP contribution in [0.3, 0.4) is 0 Å². The minimum absolute atomic E-state index is 0.0546. The Labute approximate surface area is 214 Å². The second-order valence-electron chi connectivity index (χ2n) is 10.0. The lowest BCUT2D eigenvalue weighted by Gasteiger charge is -2.40. The Morgan fingerprint density at radius 3 is 2.56 bits per heavy atom. The zero-order valence-electron chi connectivity index (χ0n) is 22.0. The third-order valence-electron chi connectivity index (χ3n) is 7.11. The lowest BCUT2D eigenvalue weighted by Crippen LogP contribution is -2.52. The standard InChI is InChI=1S/C29H37N3O4/c1-7-8-23(18-30(5)24-11-12-24)22-10-13-25-26(16-22)31(17-20(3)32(25)21(4)33)29(34)36-28-15-19(2)9-14-27(28)35-6/h7,9-10,13-16,20,23-24H,1,8,11-12,17-18H2,2-6H3/t20-,23?/m0/s1. The summed E-state index contributed by atoms with van der Waals surface area (Å²) >= 11 is 0. The van der Waals surface area contributed by atoms with Crippen molar-refractivity contribution in [3.05, 3.63) is 60.2 Å². The first-order valence-corrected chi connectivity index (χ1v) is 12.6. The van der Waals surface area contributed by atoms with E-state index in [1.807, 2.05) is 38.1 Å². The van der Waals surface area contributed by atoms with Crippen molar-refractivity contribution in [1.82, 2.24) is 4.90 Å². The van der Waals surface area contributed by atoms with E-state index in [0.717, 1.165) is 24.1 Å². The normalized spacial score (nSPS) is 18.0. The van der Waals surface area contributed by atoms with E-state index in [4.69, 9.17) is 9.47 Å². The first-order chi connectivity index (χ1) is 17.2. The molecule has 0 spiro atoms. The molecule has 2 aromatic rings. The number of hydrogen-bond acceptors (Lipinski definition) is 5. The summed E-state index contributed by atoms with van der Waals surface area (Å²) in [6.07, 6.45) is 4.77. The van der Waals surface area contributed by atoms with Gasteiger partial charge in [-0.3, -0.25) is 9.69 Å². The van der Waals surface area contributed by atoms with Crippen LogP contribution in [0.25, 0.3) is 0 Å². The SMILES string of the molecule is C=CCC(CN(C)C1CC1)c1ccc2c(c1)N(C(=O)Oc1cc(C)ccc1OC)C[C@H](C)N2C(C)=O. The van der Waals surface area contributed by atoms with Crippen molar-refractivity contribution in [2.75, 3.05) is 37.0 Å². The van der Waals surface area contributed by atoms with Crippen LogP contribution in [0, 0.1) is 6.92 Å². The van der Waals surface area contributed by atoms with Crippen molar-refractivity contribution in [1.29, 1.82) is 0 Å². The molecule has 1 aliphatic heterocycles. The molecule has 4 rings (SSSR count). The first kappa shape index (κ1) is 25.8. The van der Waals surface area contributed by atoms with Gasteiger partial charge in [0.05, 0.1) is 24.5 Å². The molecular weight excluding hydrogens is 454 g/mol. The van der Waals surface area contributed by atoms with Crippen LogP contribution in [0.5, 0.6) is 11.5 Å². The minimum atomic E-state index is -0.497. The van der Waals surface area contributed by atoms with Crippen LogP contribution in [-0.4, -0.2) is 56.2 Å². The molecule has 1 fully saturated rings. The van der Waals surface area contributed by atoms with Gasteiger partial charge in [0.1, 0.15) is 0 Å². The van der Waals surface area contributed by atoms with E-state index in [2.05, 4.69) is 24.6 Å². The van der Waals surface area contributed by atoms with Crippen molar-refractivity contribution in [2.45, 2.75) is 58.0 Å². The Morgan fingerprint density at radius 1 is 1.17 bits per heavy atom. The monoisotopic (exact) mass is 491 g/mol. The van der Waals surface area contributed by atoms with Crippen LogP contribution < -0.4 is 19.3 Å². The van der Waals surface area contributed by atoms with E-state index in [1.165, 1.54) is 12.8 Å². The Morgan fingerprint density at radius 2 is 1.92 bits per heavy atom. The Hall–Kier alpha value is -3.32. The van der Waals surface area contributed by atoms with E-state index in [9.17, 15) is 9.59 Å². The summed E-state index contributed by atoms with van der Waals surface area (Å²) in [6.45, 7) is 10.6. The summed E-state index contributed by atoms with van der Waals surface area (Å²) in [7, 11) is 3.72. The van der Waals surface area contributed by atoms with Crippen LogP contribution in [-0.2, 0) is 4.79 Å². The molecule has 0 bridgehead atoms. The molecule has 36 heavy (non-hydrogen) atoms. The summed E-state index contributed by atoms with van der Waals surface area (Å²) in [5.41, 5.74) is 3.47. The molecule has 1 saturated carbocycles. The first-order valence-electron chi connectivity index (χ1n) is 12.6. The third-order valence-corrected chi connectivity index (χ3v) is 7.11. The zero-order chi connectivity index (χ0) is 26.0. The second kappa shape index (κ2) is 10.7. The highest BCUT2D eigenvalue weighted by Crippen LogP contribution is 2.40.